The van der Waals surface area contributed by atoms with Crippen molar-refractivity contribution in [2.45, 2.75) is 65.2 Å². The molecule has 0 saturated heterocycles. The third-order valence-electron chi connectivity index (χ3n) is 5.22. The van der Waals surface area contributed by atoms with Crippen LogP contribution in [0.3, 0.4) is 0 Å². The molecule has 1 saturated carbocycles. The smallest absolute Gasteiger partial charge is 0.0847 e. The number of aryl methyl sites for hydroxylation is 2. The average molecular weight is 376 g/mol. The van der Waals surface area contributed by atoms with Gasteiger partial charge in [-0.15, -0.1) is 0 Å². The van der Waals surface area contributed by atoms with Gasteiger partial charge >= 0.3 is 0 Å². The quantitative estimate of drug-likeness (QED) is 0.584. The Balaban J connectivity index is 2.03. The summed E-state index contributed by atoms with van der Waals surface area (Å²) in [5.41, 5.74) is 2.53. The molecule has 0 amide bonds. The number of aromatic nitrogens is 2. The van der Waals surface area contributed by atoms with E-state index in [1.165, 1.54) is 50.6 Å². The van der Waals surface area contributed by atoms with E-state index in [1.54, 1.807) is 0 Å². The first-order chi connectivity index (χ1) is 10.0. The first kappa shape index (κ1) is 17.3. The molecule has 0 aliphatic heterocycles. The summed E-state index contributed by atoms with van der Waals surface area (Å²) in [6.07, 6.45) is 10.6. The number of alkyl halides is 1. The van der Waals surface area contributed by atoms with Gasteiger partial charge in [-0.1, -0.05) is 53.7 Å². The van der Waals surface area contributed by atoms with Crippen molar-refractivity contribution in [3.63, 3.8) is 0 Å². The minimum atomic E-state index is 0.368. The van der Waals surface area contributed by atoms with E-state index in [-0.39, 0.29) is 0 Å². The van der Waals surface area contributed by atoms with Crippen LogP contribution in [0.15, 0.2) is 0 Å². The second-order valence-electron chi connectivity index (χ2n) is 6.87. The van der Waals surface area contributed by atoms with Crippen molar-refractivity contribution in [3.8, 4) is 0 Å². The Kier molecular flexibility index (Phi) is 6.19. The van der Waals surface area contributed by atoms with Gasteiger partial charge < -0.3 is 0 Å². The van der Waals surface area contributed by atoms with Gasteiger partial charge in [-0.3, -0.25) is 4.68 Å². The summed E-state index contributed by atoms with van der Waals surface area (Å²) in [5.74, 6) is 0.945. The van der Waals surface area contributed by atoms with Crippen molar-refractivity contribution < 1.29 is 0 Å². The fourth-order valence-corrected chi connectivity index (χ4v) is 4.64. The molecular formula is C17H28BrClN2. The molecule has 0 spiro atoms. The van der Waals surface area contributed by atoms with Gasteiger partial charge in [-0.25, -0.2) is 0 Å². The zero-order valence-electron chi connectivity index (χ0n) is 13.6. The molecule has 1 aliphatic rings. The maximum absolute atomic E-state index is 6.45. The monoisotopic (exact) mass is 374 g/mol. The van der Waals surface area contributed by atoms with Crippen molar-refractivity contribution in [2.24, 2.45) is 18.4 Å². The highest BCUT2D eigenvalue weighted by molar-refractivity contribution is 9.09. The Labute approximate surface area is 142 Å². The Bertz CT molecular complexity index is 462. The van der Waals surface area contributed by atoms with Crippen molar-refractivity contribution in [3.05, 3.63) is 16.4 Å². The molecule has 0 unspecified atom stereocenters. The molecule has 21 heavy (non-hydrogen) atoms. The third-order valence-corrected chi connectivity index (χ3v) is 6.90. The van der Waals surface area contributed by atoms with Crippen LogP contribution >= 0.6 is 27.5 Å². The summed E-state index contributed by atoms with van der Waals surface area (Å²) in [4.78, 5) is 0. The van der Waals surface area contributed by atoms with E-state index in [4.69, 9.17) is 11.6 Å². The molecule has 1 aliphatic carbocycles. The molecule has 4 heteroatoms. The summed E-state index contributed by atoms with van der Waals surface area (Å²) in [5, 5.41) is 6.40. The summed E-state index contributed by atoms with van der Waals surface area (Å²) >= 11 is 10.2. The van der Waals surface area contributed by atoms with Gasteiger partial charge in [0.25, 0.3) is 0 Å². The molecule has 0 bridgehead atoms. The van der Waals surface area contributed by atoms with Gasteiger partial charge in [-0.2, -0.15) is 5.10 Å². The predicted octanol–water partition coefficient (Wildman–Crippen LogP) is 5.69. The molecule has 1 heterocycles. The van der Waals surface area contributed by atoms with E-state index in [9.17, 15) is 0 Å². The van der Waals surface area contributed by atoms with Crippen molar-refractivity contribution in [1.29, 1.82) is 0 Å². The van der Waals surface area contributed by atoms with Crippen LogP contribution in [-0.2, 0) is 13.5 Å². The molecule has 1 aromatic heterocycles. The lowest BCUT2D eigenvalue weighted by molar-refractivity contribution is 0.166. The second-order valence-corrected chi connectivity index (χ2v) is 7.80. The number of nitrogens with zero attached hydrogens (tertiary/aromatic N) is 2. The van der Waals surface area contributed by atoms with E-state index < -0.39 is 0 Å². The fourth-order valence-electron chi connectivity index (χ4n) is 3.66. The number of hydrogen-bond acceptors (Lipinski definition) is 1. The van der Waals surface area contributed by atoms with Crippen LogP contribution in [0.25, 0.3) is 0 Å². The standard InChI is InChI=1S/C17H28BrClN2/c1-4-5-6-14-7-9-17(12-18,10-8-14)11-15-16(19)13(2)20-21(15)3/h14H,4-12H2,1-3H3. The zero-order valence-corrected chi connectivity index (χ0v) is 15.9. The highest BCUT2D eigenvalue weighted by Crippen LogP contribution is 2.45. The molecule has 2 rings (SSSR count). The Morgan fingerprint density at radius 2 is 2.05 bits per heavy atom. The van der Waals surface area contributed by atoms with Gasteiger partial charge in [0, 0.05) is 12.4 Å². The summed E-state index contributed by atoms with van der Waals surface area (Å²) < 4.78 is 1.98. The van der Waals surface area contributed by atoms with Crippen LogP contribution in [0.5, 0.6) is 0 Å². The molecule has 0 N–H and O–H groups in total. The topological polar surface area (TPSA) is 17.8 Å². The Morgan fingerprint density at radius 3 is 2.52 bits per heavy atom. The zero-order chi connectivity index (χ0) is 15.5. The second kappa shape index (κ2) is 7.50. The number of hydrogen-bond donors (Lipinski definition) is 0. The summed E-state index contributed by atoms with van der Waals surface area (Å²) in [6, 6.07) is 0. The summed E-state index contributed by atoms with van der Waals surface area (Å²) in [7, 11) is 2.02. The molecule has 2 nitrogen and oxygen atoms in total. The maximum atomic E-state index is 6.45. The Morgan fingerprint density at radius 1 is 1.38 bits per heavy atom. The fraction of sp³-hybridized carbons (Fsp3) is 0.824. The first-order valence-corrected chi connectivity index (χ1v) is 9.75. The van der Waals surface area contributed by atoms with E-state index in [0.29, 0.717) is 5.41 Å². The lowest BCUT2D eigenvalue weighted by atomic mass is 9.68. The van der Waals surface area contributed by atoms with Gasteiger partial charge in [0.05, 0.1) is 16.4 Å². The average Bonchev–Trinajstić information content (AvgIpc) is 2.73. The molecule has 1 fully saturated rings. The van der Waals surface area contributed by atoms with E-state index in [2.05, 4.69) is 28.0 Å². The van der Waals surface area contributed by atoms with Gasteiger partial charge in [0.1, 0.15) is 0 Å². The lowest BCUT2D eigenvalue weighted by Gasteiger charge is -2.39. The molecule has 1 aromatic rings. The number of unbranched alkanes of at least 4 members (excludes halogenated alkanes) is 1. The molecule has 0 radical (unpaired) electrons. The van der Waals surface area contributed by atoms with Crippen molar-refractivity contribution in [2.75, 3.05) is 5.33 Å². The first-order valence-electron chi connectivity index (χ1n) is 8.25. The highest BCUT2D eigenvalue weighted by Gasteiger charge is 2.36. The van der Waals surface area contributed by atoms with Crippen LogP contribution in [-0.4, -0.2) is 15.1 Å². The van der Waals surface area contributed by atoms with E-state index >= 15 is 0 Å². The Hall–Kier alpha value is -0.0200. The maximum Gasteiger partial charge on any atom is 0.0847 e. The van der Waals surface area contributed by atoms with E-state index in [0.717, 1.165) is 28.4 Å². The van der Waals surface area contributed by atoms with Crippen LogP contribution in [0.1, 0.15) is 63.3 Å². The molecule has 120 valence electrons. The van der Waals surface area contributed by atoms with Gasteiger partial charge in [0.15, 0.2) is 0 Å². The molecule has 0 atom stereocenters. The van der Waals surface area contributed by atoms with Crippen LogP contribution < -0.4 is 0 Å². The number of halogens is 2. The summed E-state index contributed by atoms with van der Waals surface area (Å²) in [6.45, 7) is 4.28. The highest BCUT2D eigenvalue weighted by atomic mass is 79.9. The molecular weight excluding hydrogens is 348 g/mol. The minimum absolute atomic E-state index is 0.368. The molecule has 0 aromatic carbocycles. The van der Waals surface area contributed by atoms with E-state index in [1.807, 2.05) is 18.7 Å². The van der Waals surface area contributed by atoms with Gasteiger partial charge in [0.2, 0.25) is 0 Å². The van der Waals surface area contributed by atoms with Crippen molar-refractivity contribution in [1.82, 2.24) is 9.78 Å². The minimum Gasteiger partial charge on any atom is -0.271 e. The lowest BCUT2D eigenvalue weighted by Crippen LogP contribution is -2.32. The normalized spacial score (nSPS) is 26.2. The third kappa shape index (κ3) is 4.04. The van der Waals surface area contributed by atoms with Gasteiger partial charge in [-0.05, 0) is 50.4 Å². The number of rotatable bonds is 6. The largest absolute Gasteiger partial charge is 0.271 e. The van der Waals surface area contributed by atoms with Crippen LogP contribution in [0.2, 0.25) is 5.02 Å². The SMILES string of the molecule is CCCCC1CCC(CBr)(Cc2c(Cl)c(C)nn2C)CC1. The van der Waals surface area contributed by atoms with Crippen molar-refractivity contribution >= 4 is 27.5 Å². The van der Waals surface area contributed by atoms with Crippen LogP contribution in [0, 0.1) is 18.3 Å². The predicted molar refractivity (Wildman–Crippen MR) is 94.4 cm³/mol. The van der Waals surface area contributed by atoms with Crippen LogP contribution in [0.4, 0.5) is 0 Å².